The van der Waals surface area contributed by atoms with E-state index in [1.807, 2.05) is 19.9 Å². The van der Waals surface area contributed by atoms with E-state index in [1.165, 1.54) is 22.9 Å². The number of nitrogens with one attached hydrogen (secondary N) is 1. The second-order valence-electron chi connectivity index (χ2n) is 8.96. The first-order valence-electron chi connectivity index (χ1n) is 11.1. The number of carbonyl (C=O) groups excluding carboxylic acids is 2. The molecular formula is C24H28N4O5. The van der Waals surface area contributed by atoms with Gasteiger partial charge in [0.25, 0.3) is 5.56 Å². The molecule has 174 valence electrons. The Bertz CT molecular complexity index is 1380. The van der Waals surface area contributed by atoms with Crippen molar-refractivity contribution in [2.24, 2.45) is 13.0 Å². The lowest BCUT2D eigenvalue weighted by molar-refractivity contribution is 0.0474. The van der Waals surface area contributed by atoms with Gasteiger partial charge in [-0.1, -0.05) is 13.8 Å². The van der Waals surface area contributed by atoms with Gasteiger partial charge in [0.2, 0.25) is 5.78 Å². The van der Waals surface area contributed by atoms with E-state index >= 15 is 0 Å². The summed E-state index contributed by atoms with van der Waals surface area (Å²) in [5.74, 6) is -1.56. The van der Waals surface area contributed by atoms with Crippen LogP contribution in [0.1, 0.15) is 58.7 Å². The zero-order valence-corrected chi connectivity index (χ0v) is 19.1. The third-order valence-electron chi connectivity index (χ3n) is 6.08. The predicted molar refractivity (Wildman–Crippen MR) is 125 cm³/mol. The minimum atomic E-state index is -0.807. The molecule has 2 heterocycles. The number of hydrogen-bond donors (Lipinski definition) is 2. The summed E-state index contributed by atoms with van der Waals surface area (Å²) in [6.07, 6.45) is 4.21. The van der Waals surface area contributed by atoms with Crippen molar-refractivity contribution in [2.45, 2.75) is 46.1 Å². The Balaban J connectivity index is 1.57. The molecule has 3 N–H and O–H groups in total. The number of rotatable bonds is 6. The number of fused-ring (bicyclic) bond motifs is 3. The molecule has 1 aromatic carbocycles. The van der Waals surface area contributed by atoms with Gasteiger partial charge >= 0.3 is 11.7 Å². The average molecular weight is 453 g/mol. The quantitative estimate of drug-likeness (QED) is 0.436. The lowest BCUT2D eigenvalue weighted by Crippen LogP contribution is -2.43. The average Bonchev–Trinajstić information content (AvgIpc) is 3.17. The zero-order chi connectivity index (χ0) is 23.9. The van der Waals surface area contributed by atoms with Crippen molar-refractivity contribution < 1.29 is 14.3 Å². The molecule has 9 nitrogen and oxygen atoms in total. The summed E-state index contributed by atoms with van der Waals surface area (Å²) in [6, 6.07) is 5.26. The maximum atomic E-state index is 12.8. The number of hydrogen-bond acceptors (Lipinski definition) is 6. The van der Waals surface area contributed by atoms with Gasteiger partial charge in [-0.05, 0) is 55.4 Å². The van der Waals surface area contributed by atoms with E-state index < -0.39 is 29.6 Å². The summed E-state index contributed by atoms with van der Waals surface area (Å²) >= 11 is 0. The minimum absolute atomic E-state index is 0.0670. The van der Waals surface area contributed by atoms with Gasteiger partial charge in [-0.2, -0.15) is 0 Å². The second kappa shape index (κ2) is 8.73. The standard InChI is InChI=1S/C24H28N4O5/c1-13(2)11-28-21(25)20(22(30)27(3)24(28)32)19(29)12-33-23(31)14-8-9-18-16(10-14)15-6-4-5-7-17(15)26-18/h8-10,13,26H,4-7,11-12,25H2,1-3H3. The molecule has 9 heteroatoms. The summed E-state index contributed by atoms with van der Waals surface area (Å²) in [5, 5.41) is 0.990. The summed E-state index contributed by atoms with van der Waals surface area (Å²) < 4.78 is 7.27. The molecule has 0 unspecified atom stereocenters. The molecule has 0 saturated heterocycles. The first kappa shape index (κ1) is 22.6. The molecule has 0 atom stereocenters. The van der Waals surface area contributed by atoms with Crippen LogP contribution in [0.15, 0.2) is 27.8 Å². The Kier molecular flexibility index (Phi) is 5.97. The summed E-state index contributed by atoms with van der Waals surface area (Å²) in [6.45, 7) is 3.37. The molecule has 0 spiro atoms. The van der Waals surface area contributed by atoms with Crippen LogP contribution in [0.2, 0.25) is 0 Å². The van der Waals surface area contributed by atoms with E-state index in [0.717, 1.165) is 41.2 Å². The SMILES string of the molecule is CC(C)Cn1c(N)c(C(=O)COC(=O)c2ccc3[nH]c4c(c3c2)CCCC4)c(=O)n(C)c1=O. The fraction of sp³-hybridized carbons (Fsp3) is 0.417. The van der Waals surface area contributed by atoms with Crippen molar-refractivity contribution in [3.05, 3.63) is 61.4 Å². The van der Waals surface area contributed by atoms with E-state index in [4.69, 9.17) is 10.5 Å². The number of Topliss-reactive ketones (excluding diaryl/α,β-unsaturated/α-hetero) is 1. The fourth-order valence-corrected chi connectivity index (χ4v) is 4.41. The number of H-pyrrole nitrogens is 1. The van der Waals surface area contributed by atoms with Crippen molar-refractivity contribution in [3.8, 4) is 0 Å². The van der Waals surface area contributed by atoms with Crippen LogP contribution in [0, 0.1) is 5.92 Å². The molecule has 3 aromatic rings. The topological polar surface area (TPSA) is 129 Å². The van der Waals surface area contributed by atoms with Crippen LogP contribution in [0.3, 0.4) is 0 Å². The Morgan fingerprint density at radius 2 is 1.91 bits per heavy atom. The molecule has 0 radical (unpaired) electrons. The van der Waals surface area contributed by atoms with Crippen LogP contribution in [0.25, 0.3) is 10.9 Å². The number of carbonyl (C=O) groups is 2. The van der Waals surface area contributed by atoms with Crippen LogP contribution >= 0.6 is 0 Å². The fourth-order valence-electron chi connectivity index (χ4n) is 4.41. The molecule has 0 aliphatic heterocycles. The highest BCUT2D eigenvalue weighted by Gasteiger charge is 2.24. The lowest BCUT2D eigenvalue weighted by Gasteiger charge is -2.16. The normalized spacial score (nSPS) is 13.3. The molecule has 0 fully saturated rings. The zero-order valence-electron chi connectivity index (χ0n) is 19.1. The van der Waals surface area contributed by atoms with Crippen LogP contribution < -0.4 is 17.0 Å². The number of aryl methyl sites for hydroxylation is 2. The Labute approximate surface area is 190 Å². The highest BCUT2D eigenvalue weighted by atomic mass is 16.5. The second-order valence-corrected chi connectivity index (χ2v) is 8.96. The molecule has 0 bridgehead atoms. The number of ketones is 1. The predicted octanol–water partition coefficient (Wildman–Crippen LogP) is 2.18. The van der Waals surface area contributed by atoms with E-state index in [0.29, 0.717) is 5.56 Å². The van der Waals surface area contributed by atoms with Crippen LogP contribution in [0.4, 0.5) is 5.82 Å². The smallest absolute Gasteiger partial charge is 0.338 e. The van der Waals surface area contributed by atoms with Crippen LogP contribution in [-0.4, -0.2) is 32.5 Å². The Hall–Kier alpha value is -3.62. The summed E-state index contributed by atoms with van der Waals surface area (Å²) in [5.41, 5.74) is 8.01. The Morgan fingerprint density at radius 3 is 2.64 bits per heavy atom. The van der Waals surface area contributed by atoms with Crippen LogP contribution in [0.5, 0.6) is 0 Å². The van der Waals surface area contributed by atoms with Crippen molar-refractivity contribution in [2.75, 3.05) is 12.3 Å². The van der Waals surface area contributed by atoms with Gasteiger partial charge in [-0.15, -0.1) is 0 Å². The van der Waals surface area contributed by atoms with Gasteiger partial charge in [0.05, 0.1) is 5.56 Å². The number of nitrogens with two attached hydrogens (primary N) is 1. The minimum Gasteiger partial charge on any atom is -0.454 e. The molecule has 1 aliphatic carbocycles. The van der Waals surface area contributed by atoms with Gasteiger partial charge in [0, 0.05) is 30.2 Å². The molecule has 0 amide bonds. The first-order chi connectivity index (χ1) is 15.7. The number of nitrogens with zero attached hydrogens (tertiary/aromatic N) is 2. The number of benzene rings is 1. The van der Waals surface area contributed by atoms with Gasteiger partial charge in [-0.3, -0.25) is 18.7 Å². The highest BCUT2D eigenvalue weighted by molar-refractivity contribution is 6.03. The van der Waals surface area contributed by atoms with Gasteiger partial charge < -0.3 is 15.5 Å². The first-order valence-corrected chi connectivity index (χ1v) is 11.1. The Morgan fingerprint density at radius 1 is 1.18 bits per heavy atom. The van der Waals surface area contributed by atoms with E-state index in [-0.39, 0.29) is 23.8 Å². The largest absolute Gasteiger partial charge is 0.454 e. The van der Waals surface area contributed by atoms with Crippen molar-refractivity contribution >= 4 is 28.5 Å². The number of esters is 1. The number of aromatic nitrogens is 3. The van der Waals surface area contributed by atoms with Gasteiger partial charge in [0.1, 0.15) is 11.4 Å². The third-order valence-corrected chi connectivity index (χ3v) is 6.08. The van der Waals surface area contributed by atoms with E-state index in [1.54, 1.807) is 12.1 Å². The maximum absolute atomic E-state index is 12.8. The number of anilines is 1. The molecule has 1 aliphatic rings. The summed E-state index contributed by atoms with van der Waals surface area (Å²) in [7, 11) is 1.29. The molecular weight excluding hydrogens is 424 g/mol. The van der Waals surface area contributed by atoms with E-state index in [2.05, 4.69) is 4.98 Å². The molecule has 4 rings (SSSR count). The van der Waals surface area contributed by atoms with Crippen molar-refractivity contribution in [3.63, 3.8) is 0 Å². The van der Waals surface area contributed by atoms with E-state index in [9.17, 15) is 19.2 Å². The van der Waals surface area contributed by atoms with Gasteiger partial charge in [-0.25, -0.2) is 9.59 Å². The molecule has 33 heavy (non-hydrogen) atoms. The number of aromatic amines is 1. The summed E-state index contributed by atoms with van der Waals surface area (Å²) in [4.78, 5) is 53.8. The number of nitrogen functional groups attached to an aromatic ring is 1. The molecule has 2 aromatic heterocycles. The molecule has 0 saturated carbocycles. The van der Waals surface area contributed by atoms with Crippen molar-refractivity contribution in [1.29, 1.82) is 0 Å². The van der Waals surface area contributed by atoms with Crippen LogP contribution in [-0.2, 0) is 31.2 Å². The maximum Gasteiger partial charge on any atom is 0.338 e. The van der Waals surface area contributed by atoms with Gasteiger partial charge in [0.15, 0.2) is 6.61 Å². The van der Waals surface area contributed by atoms with Crippen molar-refractivity contribution in [1.82, 2.24) is 14.1 Å². The highest BCUT2D eigenvalue weighted by Crippen LogP contribution is 2.29. The lowest BCUT2D eigenvalue weighted by atomic mass is 9.95. The number of ether oxygens (including phenoxy) is 1. The monoisotopic (exact) mass is 452 g/mol. The third kappa shape index (κ3) is 4.10.